The van der Waals surface area contributed by atoms with E-state index in [9.17, 15) is 4.79 Å². The molecule has 0 aliphatic carbocycles. The number of nitrogens with one attached hydrogen (secondary N) is 1. The van der Waals surface area contributed by atoms with Gasteiger partial charge in [-0.25, -0.2) is 0 Å². The summed E-state index contributed by atoms with van der Waals surface area (Å²) < 4.78 is 16.4. The lowest BCUT2D eigenvalue weighted by atomic mass is 10.1. The molecule has 0 radical (unpaired) electrons. The van der Waals surface area contributed by atoms with E-state index in [1.807, 2.05) is 30.3 Å². The number of hydrogen-bond donors (Lipinski definition) is 1. The summed E-state index contributed by atoms with van der Waals surface area (Å²) in [6, 6.07) is 12.6. The van der Waals surface area contributed by atoms with Gasteiger partial charge in [0.15, 0.2) is 11.6 Å². The van der Waals surface area contributed by atoms with Crippen molar-refractivity contribution in [3.05, 3.63) is 48.3 Å². The van der Waals surface area contributed by atoms with E-state index in [-0.39, 0.29) is 11.8 Å². The minimum atomic E-state index is -0.746. The third kappa shape index (κ3) is 3.45. The van der Waals surface area contributed by atoms with Gasteiger partial charge in [-0.3, -0.25) is 4.79 Å². The van der Waals surface area contributed by atoms with Crippen LogP contribution in [0.15, 0.2) is 51.4 Å². The molecular formula is C17H17N3O4. The highest BCUT2D eigenvalue weighted by molar-refractivity contribution is 5.73. The summed E-state index contributed by atoms with van der Waals surface area (Å²) in [6.45, 7) is 5.01. The summed E-state index contributed by atoms with van der Waals surface area (Å²) >= 11 is 0. The number of para-hydroxylation sites is 1. The molecule has 1 amide bonds. The van der Waals surface area contributed by atoms with Gasteiger partial charge >= 0.3 is 0 Å². The molecule has 0 bridgehead atoms. The second-order valence-electron chi connectivity index (χ2n) is 5.76. The van der Waals surface area contributed by atoms with Crippen molar-refractivity contribution in [1.29, 1.82) is 0 Å². The van der Waals surface area contributed by atoms with Crippen LogP contribution in [0.4, 0.5) is 0 Å². The quantitative estimate of drug-likeness (QED) is 0.771. The van der Waals surface area contributed by atoms with Gasteiger partial charge in [0, 0.05) is 13.0 Å². The summed E-state index contributed by atoms with van der Waals surface area (Å²) in [7, 11) is 0. The maximum absolute atomic E-state index is 11.3. The molecule has 0 aliphatic heterocycles. The Morgan fingerprint density at radius 2 is 1.92 bits per heavy atom. The Morgan fingerprint density at radius 1 is 1.17 bits per heavy atom. The summed E-state index contributed by atoms with van der Waals surface area (Å²) in [5, 5.41) is 6.67. The predicted molar refractivity (Wildman–Crippen MR) is 85.4 cm³/mol. The minimum absolute atomic E-state index is 0.178. The van der Waals surface area contributed by atoms with Crippen molar-refractivity contribution in [2.24, 2.45) is 0 Å². The molecule has 3 rings (SSSR count). The van der Waals surface area contributed by atoms with Gasteiger partial charge in [0.2, 0.25) is 5.91 Å². The summed E-state index contributed by atoms with van der Waals surface area (Å²) in [5.74, 6) is 1.76. The molecule has 3 aromatic rings. The summed E-state index contributed by atoms with van der Waals surface area (Å²) in [5.41, 5.74) is -0.746. The number of nitrogens with zero attached hydrogens (tertiary/aromatic N) is 2. The van der Waals surface area contributed by atoms with Crippen LogP contribution in [0.2, 0.25) is 0 Å². The molecule has 1 N–H and O–H groups in total. The highest BCUT2D eigenvalue weighted by atomic mass is 16.6. The van der Waals surface area contributed by atoms with E-state index in [4.69, 9.17) is 13.7 Å². The monoisotopic (exact) mass is 327 g/mol. The number of rotatable bonds is 5. The Labute approximate surface area is 138 Å². The molecule has 0 unspecified atom stereocenters. The number of hydrogen-bond acceptors (Lipinski definition) is 6. The van der Waals surface area contributed by atoms with Gasteiger partial charge in [-0.1, -0.05) is 23.4 Å². The molecule has 0 atom stereocenters. The van der Waals surface area contributed by atoms with E-state index < -0.39 is 5.54 Å². The van der Waals surface area contributed by atoms with E-state index >= 15 is 0 Å². The van der Waals surface area contributed by atoms with Crippen LogP contribution in [0, 0.1) is 0 Å². The highest BCUT2D eigenvalue weighted by Gasteiger charge is 2.28. The van der Waals surface area contributed by atoms with Crippen LogP contribution in [0.5, 0.6) is 11.7 Å². The first-order valence-corrected chi connectivity index (χ1v) is 7.40. The van der Waals surface area contributed by atoms with Crippen molar-refractivity contribution >= 4 is 5.91 Å². The second-order valence-corrected chi connectivity index (χ2v) is 5.76. The topological polar surface area (TPSA) is 90.4 Å². The van der Waals surface area contributed by atoms with Crippen LogP contribution in [0.3, 0.4) is 0 Å². The first-order chi connectivity index (χ1) is 11.4. The average molecular weight is 327 g/mol. The van der Waals surface area contributed by atoms with E-state index in [0.717, 1.165) is 0 Å². The van der Waals surface area contributed by atoms with Gasteiger partial charge in [-0.2, -0.15) is 4.98 Å². The lowest BCUT2D eigenvalue weighted by Gasteiger charge is -2.20. The number of ether oxygens (including phenoxy) is 1. The van der Waals surface area contributed by atoms with E-state index in [1.165, 1.54) is 6.92 Å². The SMILES string of the molecule is CC(=O)NC(C)(C)c1noc(-c2ccc(Oc3ccccc3)o2)n1. The first-order valence-electron chi connectivity index (χ1n) is 7.40. The predicted octanol–water partition coefficient (Wildman–Crippen LogP) is 3.49. The molecule has 0 aliphatic rings. The molecule has 2 heterocycles. The Balaban J connectivity index is 1.77. The first kappa shape index (κ1) is 15.8. The van der Waals surface area contributed by atoms with Crippen molar-refractivity contribution in [3.63, 3.8) is 0 Å². The third-order valence-electron chi connectivity index (χ3n) is 3.23. The molecule has 0 saturated heterocycles. The van der Waals surface area contributed by atoms with Crippen LogP contribution in [-0.2, 0) is 10.3 Å². The van der Waals surface area contributed by atoms with Crippen LogP contribution in [0.25, 0.3) is 11.7 Å². The van der Waals surface area contributed by atoms with Crippen molar-refractivity contribution < 1.29 is 18.5 Å². The number of carbonyl (C=O) groups excluding carboxylic acids is 1. The van der Waals surface area contributed by atoms with Crippen LogP contribution in [0.1, 0.15) is 26.6 Å². The third-order valence-corrected chi connectivity index (χ3v) is 3.23. The fraction of sp³-hybridized carbons (Fsp3) is 0.235. The molecule has 0 fully saturated rings. The van der Waals surface area contributed by atoms with Gasteiger partial charge in [0.25, 0.3) is 11.8 Å². The maximum Gasteiger partial charge on any atom is 0.293 e. The Hall–Kier alpha value is -3.09. The Kier molecular flexibility index (Phi) is 4.07. The summed E-state index contributed by atoms with van der Waals surface area (Å²) in [4.78, 5) is 15.5. The number of furan rings is 1. The van der Waals surface area contributed by atoms with Gasteiger partial charge in [-0.05, 0) is 32.0 Å². The molecule has 24 heavy (non-hydrogen) atoms. The molecular weight excluding hydrogens is 310 g/mol. The number of amides is 1. The van der Waals surface area contributed by atoms with Crippen molar-refractivity contribution in [2.75, 3.05) is 0 Å². The lowest BCUT2D eigenvalue weighted by molar-refractivity contribution is -0.120. The van der Waals surface area contributed by atoms with Crippen LogP contribution in [-0.4, -0.2) is 16.0 Å². The number of benzene rings is 1. The smallest absolute Gasteiger partial charge is 0.293 e. The molecule has 0 spiro atoms. The average Bonchev–Trinajstić information content (AvgIpc) is 3.16. The minimum Gasteiger partial charge on any atom is -0.426 e. The molecule has 7 nitrogen and oxygen atoms in total. The Morgan fingerprint density at radius 3 is 2.62 bits per heavy atom. The standard InChI is InChI=1S/C17H17N3O4/c1-11(21)19-17(2,3)16-18-15(24-20-16)13-9-10-14(23-13)22-12-7-5-4-6-8-12/h4-10H,1-3H3,(H,19,21). The van der Waals surface area contributed by atoms with E-state index in [2.05, 4.69) is 15.5 Å². The fourth-order valence-electron chi connectivity index (χ4n) is 2.17. The Bertz CT molecular complexity index is 836. The van der Waals surface area contributed by atoms with Gasteiger partial charge in [0.1, 0.15) is 5.75 Å². The zero-order valence-corrected chi connectivity index (χ0v) is 13.6. The van der Waals surface area contributed by atoms with Crippen LogP contribution < -0.4 is 10.1 Å². The number of aromatic nitrogens is 2. The second kappa shape index (κ2) is 6.19. The molecule has 0 saturated carbocycles. The van der Waals surface area contributed by atoms with Crippen molar-refractivity contribution in [2.45, 2.75) is 26.3 Å². The highest BCUT2D eigenvalue weighted by Crippen LogP contribution is 2.29. The number of carbonyl (C=O) groups is 1. The summed E-state index contributed by atoms with van der Waals surface area (Å²) in [6.07, 6.45) is 0. The largest absolute Gasteiger partial charge is 0.426 e. The van der Waals surface area contributed by atoms with E-state index in [0.29, 0.717) is 23.3 Å². The zero-order valence-electron chi connectivity index (χ0n) is 13.6. The lowest BCUT2D eigenvalue weighted by Crippen LogP contribution is -2.40. The maximum atomic E-state index is 11.3. The van der Waals surface area contributed by atoms with Gasteiger partial charge in [0.05, 0.1) is 5.54 Å². The molecule has 7 heteroatoms. The van der Waals surface area contributed by atoms with Crippen LogP contribution >= 0.6 is 0 Å². The molecule has 1 aromatic carbocycles. The van der Waals surface area contributed by atoms with E-state index in [1.54, 1.807) is 26.0 Å². The van der Waals surface area contributed by atoms with Crippen molar-refractivity contribution in [1.82, 2.24) is 15.5 Å². The normalized spacial score (nSPS) is 11.3. The fourth-order valence-corrected chi connectivity index (χ4v) is 2.17. The zero-order chi connectivity index (χ0) is 17.2. The molecule has 2 aromatic heterocycles. The molecule has 124 valence electrons. The van der Waals surface area contributed by atoms with Gasteiger partial charge in [-0.15, -0.1) is 0 Å². The van der Waals surface area contributed by atoms with Gasteiger partial charge < -0.3 is 19.0 Å². The van der Waals surface area contributed by atoms with Crippen molar-refractivity contribution in [3.8, 4) is 23.3 Å².